The van der Waals surface area contributed by atoms with E-state index in [2.05, 4.69) is 43.5 Å². The first-order valence-electron chi connectivity index (χ1n) is 10.4. The minimum absolute atomic E-state index is 0.0840. The topological polar surface area (TPSA) is 41.1 Å². The third-order valence-electron chi connectivity index (χ3n) is 6.96. The van der Waals surface area contributed by atoms with Gasteiger partial charge in [-0.15, -0.1) is 0 Å². The van der Waals surface area contributed by atoms with Crippen LogP contribution in [0.1, 0.15) is 71.3 Å². The zero-order chi connectivity index (χ0) is 19.2. The number of rotatable bonds is 3. The van der Waals surface area contributed by atoms with E-state index in [9.17, 15) is 4.79 Å². The molecule has 4 fully saturated rings. The van der Waals surface area contributed by atoms with Gasteiger partial charge in [0.2, 0.25) is 5.91 Å². The van der Waals surface area contributed by atoms with Crippen molar-refractivity contribution in [2.75, 3.05) is 5.32 Å². The fraction of sp³-hybridized carbons (Fsp3) is 0.652. The Balaban J connectivity index is 1.31. The first-order chi connectivity index (χ1) is 12.7. The Labute approximate surface area is 168 Å². The standard InChI is InChI=1S/C23H32N2OS/c1-22(2,3)18-4-6-19(7-5-18)24-21(27)25-20(26)14-23-11-15-8-16(12-23)10-17(9-15)13-23/h4-7,15-17H,8-14H2,1-3H3,(H2,24,25,26,27). The third kappa shape index (κ3) is 4.21. The lowest BCUT2D eigenvalue weighted by molar-refractivity contribution is -0.127. The Hall–Kier alpha value is -1.42. The number of anilines is 1. The molecule has 0 spiro atoms. The molecule has 0 atom stereocenters. The first-order valence-corrected chi connectivity index (χ1v) is 10.8. The van der Waals surface area contributed by atoms with Crippen LogP contribution < -0.4 is 10.6 Å². The van der Waals surface area contributed by atoms with E-state index in [-0.39, 0.29) is 16.7 Å². The molecule has 1 aromatic carbocycles. The highest BCUT2D eigenvalue weighted by Gasteiger charge is 2.51. The molecule has 4 bridgehead atoms. The van der Waals surface area contributed by atoms with Crippen molar-refractivity contribution < 1.29 is 4.79 Å². The van der Waals surface area contributed by atoms with Crippen molar-refractivity contribution in [1.82, 2.24) is 5.32 Å². The van der Waals surface area contributed by atoms with Crippen molar-refractivity contribution >= 4 is 28.9 Å². The lowest BCUT2D eigenvalue weighted by Gasteiger charge is -2.56. The van der Waals surface area contributed by atoms with Crippen molar-refractivity contribution in [3.8, 4) is 0 Å². The van der Waals surface area contributed by atoms with E-state index in [1.807, 2.05) is 12.1 Å². The van der Waals surface area contributed by atoms with Gasteiger partial charge in [-0.2, -0.15) is 0 Å². The van der Waals surface area contributed by atoms with Gasteiger partial charge in [-0.05, 0) is 97.0 Å². The van der Waals surface area contributed by atoms with Crippen LogP contribution in [0.5, 0.6) is 0 Å². The van der Waals surface area contributed by atoms with Gasteiger partial charge in [0, 0.05) is 12.1 Å². The molecule has 0 aromatic heterocycles. The van der Waals surface area contributed by atoms with Crippen molar-refractivity contribution in [3.05, 3.63) is 29.8 Å². The van der Waals surface area contributed by atoms with E-state index in [0.29, 0.717) is 11.5 Å². The molecular formula is C23H32N2OS. The molecule has 5 rings (SSSR count). The molecule has 146 valence electrons. The van der Waals surface area contributed by atoms with Crippen molar-refractivity contribution in [2.24, 2.45) is 23.2 Å². The summed E-state index contributed by atoms with van der Waals surface area (Å²) in [5.41, 5.74) is 2.58. The molecule has 4 aliphatic rings. The Morgan fingerprint density at radius 3 is 2.04 bits per heavy atom. The van der Waals surface area contributed by atoms with E-state index in [0.717, 1.165) is 23.4 Å². The molecule has 4 aliphatic carbocycles. The van der Waals surface area contributed by atoms with E-state index in [4.69, 9.17) is 12.2 Å². The number of carbonyl (C=O) groups is 1. The lowest BCUT2D eigenvalue weighted by Crippen LogP contribution is -2.48. The maximum Gasteiger partial charge on any atom is 0.226 e. The average molecular weight is 385 g/mol. The van der Waals surface area contributed by atoms with E-state index >= 15 is 0 Å². The summed E-state index contributed by atoms with van der Waals surface area (Å²) in [5, 5.41) is 6.50. The molecule has 0 saturated heterocycles. The molecular weight excluding hydrogens is 352 g/mol. The minimum Gasteiger partial charge on any atom is -0.332 e. The number of hydrogen-bond donors (Lipinski definition) is 2. The number of nitrogens with one attached hydrogen (secondary N) is 2. The molecule has 4 heteroatoms. The van der Waals surface area contributed by atoms with Crippen LogP contribution in [0.15, 0.2) is 24.3 Å². The second-order valence-corrected chi connectivity index (χ2v) is 10.8. The van der Waals surface area contributed by atoms with Gasteiger partial charge < -0.3 is 10.6 Å². The third-order valence-corrected chi connectivity index (χ3v) is 7.17. The van der Waals surface area contributed by atoms with E-state index in [1.54, 1.807) is 0 Å². The zero-order valence-electron chi connectivity index (χ0n) is 16.8. The zero-order valence-corrected chi connectivity index (χ0v) is 17.6. The van der Waals surface area contributed by atoms with Crippen molar-refractivity contribution in [3.63, 3.8) is 0 Å². The minimum atomic E-state index is 0.0840. The number of benzene rings is 1. The Kier molecular flexibility index (Phi) is 4.82. The van der Waals surface area contributed by atoms with Crippen LogP contribution in [-0.2, 0) is 10.2 Å². The predicted octanol–water partition coefficient (Wildman–Crippen LogP) is 5.40. The van der Waals surface area contributed by atoms with Gasteiger partial charge in [-0.3, -0.25) is 4.79 Å². The average Bonchev–Trinajstić information content (AvgIpc) is 2.52. The molecule has 0 unspecified atom stereocenters. The summed E-state index contributed by atoms with van der Waals surface area (Å²) in [7, 11) is 0. The Morgan fingerprint density at radius 2 is 1.56 bits per heavy atom. The lowest BCUT2D eigenvalue weighted by atomic mass is 9.49. The molecule has 3 nitrogen and oxygen atoms in total. The second kappa shape index (κ2) is 6.88. The molecule has 0 radical (unpaired) electrons. The molecule has 1 aromatic rings. The molecule has 27 heavy (non-hydrogen) atoms. The van der Waals surface area contributed by atoms with Crippen LogP contribution in [0, 0.1) is 23.2 Å². The normalized spacial score (nSPS) is 31.6. The molecule has 1 amide bonds. The fourth-order valence-corrected chi connectivity index (χ4v) is 6.47. The largest absolute Gasteiger partial charge is 0.332 e. The van der Waals surface area contributed by atoms with Gasteiger partial charge in [0.25, 0.3) is 0 Å². The van der Waals surface area contributed by atoms with Crippen LogP contribution in [0.3, 0.4) is 0 Å². The Bertz CT molecular complexity index is 696. The maximum atomic E-state index is 12.7. The summed E-state index contributed by atoms with van der Waals surface area (Å²) < 4.78 is 0. The second-order valence-electron chi connectivity index (χ2n) is 10.4. The Morgan fingerprint density at radius 1 is 1.04 bits per heavy atom. The van der Waals surface area contributed by atoms with Crippen LogP contribution in [0.2, 0.25) is 0 Å². The van der Waals surface area contributed by atoms with Gasteiger partial charge in [0.1, 0.15) is 0 Å². The van der Waals surface area contributed by atoms with Gasteiger partial charge in [0.15, 0.2) is 5.11 Å². The summed E-state index contributed by atoms with van der Waals surface area (Å²) in [6, 6.07) is 8.28. The van der Waals surface area contributed by atoms with Gasteiger partial charge in [-0.25, -0.2) is 0 Å². The summed E-state index contributed by atoms with van der Waals surface area (Å²) in [6.45, 7) is 6.60. The van der Waals surface area contributed by atoms with Gasteiger partial charge in [0.05, 0.1) is 0 Å². The van der Waals surface area contributed by atoms with Crippen molar-refractivity contribution in [1.29, 1.82) is 0 Å². The van der Waals surface area contributed by atoms with E-state index < -0.39 is 0 Å². The highest BCUT2D eigenvalue weighted by molar-refractivity contribution is 7.80. The summed E-state index contributed by atoms with van der Waals surface area (Å²) >= 11 is 5.38. The highest BCUT2D eigenvalue weighted by Crippen LogP contribution is 2.61. The predicted molar refractivity (Wildman–Crippen MR) is 115 cm³/mol. The summed E-state index contributed by atoms with van der Waals surface area (Å²) in [6.07, 6.45) is 8.62. The summed E-state index contributed by atoms with van der Waals surface area (Å²) in [5.74, 6) is 2.70. The molecule has 4 saturated carbocycles. The number of amides is 1. The number of carbonyl (C=O) groups excluding carboxylic acids is 1. The molecule has 0 heterocycles. The first kappa shape index (κ1) is 18.9. The van der Waals surface area contributed by atoms with Crippen LogP contribution in [0.4, 0.5) is 5.69 Å². The fourth-order valence-electron chi connectivity index (χ4n) is 6.23. The van der Waals surface area contributed by atoms with Crippen LogP contribution >= 0.6 is 12.2 Å². The maximum absolute atomic E-state index is 12.7. The van der Waals surface area contributed by atoms with Gasteiger partial charge >= 0.3 is 0 Å². The number of hydrogen-bond acceptors (Lipinski definition) is 2. The molecule has 2 N–H and O–H groups in total. The summed E-state index contributed by atoms with van der Waals surface area (Å²) in [4.78, 5) is 12.7. The molecule has 0 aliphatic heterocycles. The van der Waals surface area contributed by atoms with Gasteiger partial charge in [-0.1, -0.05) is 32.9 Å². The quantitative estimate of drug-likeness (QED) is 0.685. The SMILES string of the molecule is CC(C)(C)c1ccc(NC(=S)NC(=O)CC23CC4CC(CC(C4)C2)C3)cc1. The smallest absolute Gasteiger partial charge is 0.226 e. The number of thiocarbonyl (C=S) groups is 1. The highest BCUT2D eigenvalue weighted by atomic mass is 32.1. The van der Waals surface area contributed by atoms with Crippen molar-refractivity contribution in [2.45, 2.75) is 71.1 Å². The van der Waals surface area contributed by atoms with Crippen LogP contribution in [0.25, 0.3) is 0 Å². The monoisotopic (exact) mass is 384 g/mol. The van der Waals surface area contributed by atoms with E-state index in [1.165, 1.54) is 44.1 Å². The van der Waals surface area contributed by atoms with Crippen LogP contribution in [-0.4, -0.2) is 11.0 Å².